The van der Waals surface area contributed by atoms with Crippen LogP contribution >= 0.6 is 0 Å². The quantitative estimate of drug-likeness (QED) is 0.673. The Labute approximate surface area is 106 Å². The van der Waals surface area contributed by atoms with E-state index in [9.17, 15) is 18.0 Å². The summed E-state index contributed by atoms with van der Waals surface area (Å²) in [6, 6.07) is 0. The maximum Gasteiger partial charge on any atom is 0.407 e. The molecular weight excluding hydrogens is 247 g/mol. The molecule has 0 radical (unpaired) electrons. The van der Waals surface area contributed by atoms with Gasteiger partial charge in [0.25, 0.3) is 0 Å². The van der Waals surface area contributed by atoms with Gasteiger partial charge in [-0.25, -0.2) is 4.79 Å². The van der Waals surface area contributed by atoms with E-state index in [2.05, 4.69) is 0 Å². The lowest BCUT2D eigenvalue weighted by Gasteiger charge is -2.24. The van der Waals surface area contributed by atoms with Crippen LogP contribution in [0.2, 0.25) is 0 Å². The molecule has 0 saturated carbocycles. The number of halogens is 3. The maximum absolute atomic E-state index is 12.7. The van der Waals surface area contributed by atoms with Crippen LogP contribution < -0.4 is 0 Å². The lowest BCUT2D eigenvalue weighted by Crippen LogP contribution is -2.37. The normalized spacial score (nSPS) is 13.4. The molecule has 0 fully saturated rings. The molecule has 0 spiro atoms. The van der Waals surface area contributed by atoms with Gasteiger partial charge < -0.3 is 10.0 Å². The summed E-state index contributed by atoms with van der Waals surface area (Å²) in [6.45, 7) is 1.56. The standard InChI is InChI=1S/C12H22F3NO2/c1-3-4-5-6-7-8-10(12(13,14)15)9-16(2)11(17)18/h10H,3-9H2,1-2H3,(H,17,18). The molecule has 0 heterocycles. The summed E-state index contributed by atoms with van der Waals surface area (Å²) in [4.78, 5) is 11.2. The van der Waals surface area contributed by atoms with Crippen molar-refractivity contribution in [2.45, 2.75) is 51.6 Å². The minimum Gasteiger partial charge on any atom is -0.465 e. The minimum absolute atomic E-state index is 0.00480. The smallest absolute Gasteiger partial charge is 0.407 e. The number of hydrogen-bond donors (Lipinski definition) is 1. The van der Waals surface area contributed by atoms with E-state index in [1.807, 2.05) is 6.92 Å². The van der Waals surface area contributed by atoms with Crippen molar-refractivity contribution in [3.63, 3.8) is 0 Å². The zero-order valence-corrected chi connectivity index (χ0v) is 11.0. The molecule has 1 unspecified atom stereocenters. The summed E-state index contributed by atoms with van der Waals surface area (Å²) in [7, 11) is 1.16. The van der Waals surface area contributed by atoms with Crippen molar-refractivity contribution in [2.75, 3.05) is 13.6 Å². The van der Waals surface area contributed by atoms with Gasteiger partial charge in [-0.15, -0.1) is 0 Å². The second-order valence-corrected chi connectivity index (χ2v) is 4.60. The molecule has 0 aliphatic heterocycles. The summed E-state index contributed by atoms with van der Waals surface area (Å²) in [6.07, 6.45) is -1.35. The SMILES string of the molecule is CCCCCCCC(CN(C)C(=O)O)C(F)(F)F. The predicted octanol–water partition coefficient (Wildman–Crippen LogP) is 4.14. The highest BCUT2D eigenvalue weighted by Gasteiger charge is 2.40. The van der Waals surface area contributed by atoms with Crippen LogP contribution in [0.5, 0.6) is 0 Å². The minimum atomic E-state index is -4.32. The Balaban J connectivity index is 4.13. The second kappa shape index (κ2) is 8.21. The highest BCUT2D eigenvalue weighted by Crippen LogP contribution is 2.31. The van der Waals surface area contributed by atoms with Gasteiger partial charge >= 0.3 is 12.3 Å². The van der Waals surface area contributed by atoms with Crippen LogP contribution in [0, 0.1) is 5.92 Å². The van der Waals surface area contributed by atoms with E-state index in [4.69, 9.17) is 5.11 Å². The highest BCUT2D eigenvalue weighted by atomic mass is 19.4. The Hall–Kier alpha value is -0.940. The lowest BCUT2D eigenvalue weighted by atomic mass is 9.99. The molecule has 0 aromatic carbocycles. The molecule has 0 bridgehead atoms. The topological polar surface area (TPSA) is 40.5 Å². The molecule has 0 rings (SSSR count). The number of alkyl halides is 3. The van der Waals surface area contributed by atoms with Crippen molar-refractivity contribution < 1.29 is 23.1 Å². The number of carboxylic acid groups (broad SMARTS) is 1. The summed E-state index contributed by atoms with van der Waals surface area (Å²) < 4.78 is 38.1. The number of hydrogen-bond acceptors (Lipinski definition) is 1. The van der Waals surface area contributed by atoms with Gasteiger partial charge in [0.2, 0.25) is 0 Å². The van der Waals surface area contributed by atoms with Gasteiger partial charge in [-0.2, -0.15) is 13.2 Å². The summed E-state index contributed by atoms with van der Waals surface area (Å²) >= 11 is 0. The molecule has 1 atom stereocenters. The fourth-order valence-corrected chi connectivity index (χ4v) is 1.76. The molecule has 0 saturated heterocycles. The van der Waals surface area contributed by atoms with Gasteiger partial charge in [0.05, 0.1) is 5.92 Å². The van der Waals surface area contributed by atoms with Crippen molar-refractivity contribution in [1.82, 2.24) is 4.90 Å². The molecule has 108 valence electrons. The largest absolute Gasteiger partial charge is 0.465 e. The fourth-order valence-electron chi connectivity index (χ4n) is 1.76. The van der Waals surface area contributed by atoms with Crippen LogP contribution in [0.4, 0.5) is 18.0 Å². The number of unbranched alkanes of at least 4 members (excludes halogenated alkanes) is 4. The van der Waals surface area contributed by atoms with Gasteiger partial charge in [0.1, 0.15) is 0 Å². The van der Waals surface area contributed by atoms with Crippen molar-refractivity contribution in [2.24, 2.45) is 5.92 Å². The van der Waals surface area contributed by atoms with E-state index >= 15 is 0 Å². The third-order valence-corrected chi connectivity index (χ3v) is 2.94. The van der Waals surface area contributed by atoms with Gasteiger partial charge in [0, 0.05) is 13.6 Å². The average molecular weight is 269 g/mol. The van der Waals surface area contributed by atoms with Gasteiger partial charge in [-0.3, -0.25) is 0 Å². The lowest BCUT2D eigenvalue weighted by molar-refractivity contribution is -0.179. The van der Waals surface area contributed by atoms with Gasteiger partial charge in [-0.05, 0) is 6.42 Å². The first kappa shape index (κ1) is 17.1. The van der Waals surface area contributed by atoms with Crippen LogP contribution in [-0.4, -0.2) is 35.9 Å². The van der Waals surface area contributed by atoms with E-state index in [1.165, 1.54) is 0 Å². The molecule has 1 N–H and O–H groups in total. The number of amides is 1. The average Bonchev–Trinajstić information content (AvgIpc) is 2.25. The first-order valence-electron chi connectivity index (χ1n) is 6.29. The number of nitrogens with zero attached hydrogens (tertiary/aromatic N) is 1. The van der Waals surface area contributed by atoms with Crippen molar-refractivity contribution >= 4 is 6.09 Å². The third-order valence-electron chi connectivity index (χ3n) is 2.94. The van der Waals surface area contributed by atoms with E-state index in [0.717, 1.165) is 32.7 Å². The Morgan fingerprint density at radius 3 is 2.22 bits per heavy atom. The van der Waals surface area contributed by atoms with Crippen LogP contribution in [0.25, 0.3) is 0 Å². The molecule has 18 heavy (non-hydrogen) atoms. The Bertz CT molecular complexity index is 244. The van der Waals surface area contributed by atoms with Crippen molar-refractivity contribution in [3.05, 3.63) is 0 Å². The van der Waals surface area contributed by atoms with E-state index in [-0.39, 0.29) is 6.42 Å². The molecule has 0 aromatic heterocycles. The van der Waals surface area contributed by atoms with Gasteiger partial charge in [-0.1, -0.05) is 39.0 Å². The number of carbonyl (C=O) groups is 1. The fraction of sp³-hybridized carbons (Fsp3) is 0.917. The van der Waals surface area contributed by atoms with E-state index in [0.29, 0.717) is 11.3 Å². The molecule has 6 heteroatoms. The molecule has 0 aliphatic rings. The first-order chi connectivity index (χ1) is 8.29. The van der Waals surface area contributed by atoms with Crippen LogP contribution in [0.3, 0.4) is 0 Å². The van der Waals surface area contributed by atoms with Crippen LogP contribution in [0.1, 0.15) is 45.4 Å². The van der Waals surface area contributed by atoms with Gasteiger partial charge in [0.15, 0.2) is 0 Å². The monoisotopic (exact) mass is 269 g/mol. The van der Waals surface area contributed by atoms with Crippen molar-refractivity contribution in [1.29, 1.82) is 0 Å². The second-order valence-electron chi connectivity index (χ2n) is 4.60. The first-order valence-corrected chi connectivity index (χ1v) is 6.29. The van der Waals surface area contributed by atoms with Crippen LogP contribution in [0.15, 0.2) is 0 Å². The number of rotatable bonds is 8. The predicted molar refractivity (Wildman–Crippen MR) is 63.6 cm³/mol. The third kappa shape index (κ3) is 7.40. The Morgan fingerprint density at radius 1 is 1.22 bits per heavy atom. The summed E-state index contributed by atoms with van der Waals surface area (Å²) in [5.41, 5.74) is 0. The Kier molecular flexibility index (Phi) is 7.78. The van der Waals surface area contributed by atoms with Crippen molar-refractivity contribution in [3.8, 4) is 0 Å². The maximum atomic E-state index is 12.7. The zero-order valence-electron chi connectivity index (χ0n) is 11.0. The molecule has 3 nitrogen and oxygen atoms in total. The molecular formula is C12H22F3NO2. The summed E-state index contributed by atoms with van der Waals surface area (Å²) in [5.74, 6) is -1.56. The Morgan fingerprint density at radius 2 is 1.78 bits per heavy atom. The summed E-state index contributed by atoms with van der Waals surface area (Å²) in [5, 5.41) is 8.60. The van der Waals surface area contributed by atoms with Crippen LogP contribution in [-0.2, 0) is 0 Å². The highest BCUT2D eigenvalue weighted by molar-refractivity contribution is 5.64. The molecule has 0 aromatic rings. The van der Waals surface area contributed by atoms with E-state index in [1.54, 1.807) is 0 Å². The molecule has 1 amide bonds. The van der Waals surface area contributed by atoms with E-state index < -0.39 is 24.7 Å². The molecule has 0 aliphatic carbocycles. The zero-order chi connectivity index (χ0) is 14.2.